The molecule has 1 aromatic carbocycles. The fourth-order valence-electron chi connectivity index (χ4n) is 2.04. The maximum Gasteiger partial charge on any atom is 0.310 e. The van der Waals surface area contributed by atoms with E-state index in [0.717, 1.165) is 18.4 Å². The molecular formula is C13H18ClNO2. The van der Waals surface area contributed by atoms with Gasteiger partial charge in [-0.25, -0.2) is 0 Å². The fraction of sp³-hybridized carbons (Fsp3) is 0.462. The minimum absolute atomic E-state index is 0. The summed E-state index contributed by atoms with van der Waals surface area (Å²) in [6, 6.07) is 7.34. The van der Waals surface area contributed by atoms with Crippen molar-refractivity contribution in [3.63, 3.8) is 0 Å². The Morgan fingerprint density at radius 2 is 1.82 bits per heavy atom. The molecule has 2 rings (SSSR count). The van der Waals surface area contributed by atoms with E-state index >= 15 is 0 Å². The zero-order valence-corrected chi connectivity index (χ0v) is 10.5. The minimum Gasteiger partial charge on any atom is -0.462 e. The van der Waals surface area contributed by atoms with Gasteiger partial charge in [0.1, 0.15) is 6.10 Å². The number of carbonyl (C=O) groups is 1. The third kappa shape index (κ3) is 4.27. The molecule has 0 aromatic heterocycles. The molecule has 3 nitrogen and oxygen atoms in total. The number of nitrogens with two attached hydrogens (primary N) is 1. The number of nitrogen functional groups attached to an aromatic ring is 1. The quantitative estimate of drug-likeness (QED) is 0.667. The van der Waals surface area contributed by atoms with Gasteiger partial charge in [-0.15, -0.1) is 12.4 Å². The number of anilines is 1. The SMILES string of the molecule is Cl.Nc1ccc(CC(=O)OC2CCCC2)cc1. The smallest absolute Gasteiger partial charge is 0.310 e. The van der Waals surface area contributed by atoms with Crippen LogP contribution < -0.4 is 5.73 Å². The molecule has 0 spiro atoms. The monoisotopic (exact) mass is 255 g/mol. The summed E-state index contributed by atoms with van der Waals surface area (Å²) in [6.45, 7) is 0. The number of ether oxygens (including phenoxy) is 1. The lowest BCUT2D eigenvalue weighted by Gasteiger charge is -2.11. The van der Waals surface area contributed by atoms with Gasteiger partial charge in [-0.3, -0.25) is 4.79 Å². The maximum atomic E-state index is 11.6. The van der Waals surface area contributed by atoms with E-state index in [1.54, 1.807) is 12.1 Å². The van der Waals surface area contributed by atoms with E-state index in [1.165, 1.54) is 12.8 Å². The lowest BCUT2D eigenvalue weighted by Crippen LogP contribution is -2.16. The van der Waals surface area contributed by atoms with Crippen molar-refractivity contribution in [2.45, 2.75) is 38.2 Å². The topological polar surface area (TPSA) is 52.3 Å². The van der Waals surface area contributed by atoms with Crippen LogP contribution in [0.25, 0.3) is 0 Å². The van der Waals surface area contributed by atoms with E-state index in [0.29, 0.717) is 12.1 Å². The molecule has 17 heavy (non-hydrogen) atoms. The van der Waals surface area contributed by atoms with Gasteiger partial charge in [-0.2, -0.15) is 0 Å². The van der Waals surface area contributed by atoms with Crippen molar-refractivity contribution in [2.24, 2.45) is 0 Å². The number of rotatable bonds is 3. The van der Waals surface area contributed by atoms with Crippen molar-refractivity contribution in [3.8, 4) is 0 Å². The molecule has 0 atom stereocenters. The standard InChI is InChI=1S/C13H17NO2.ClH/c14-11-7-5-10(6-8-11)9-13(15)16-12-3-1-2-4-12;/h5-8,12H,1-4,9,14H2;1H. The molecular weight excluding hydrogens is 238 g/mol. The van der Waals surface area contributed by atoms with Gasteiger partial charge in [-0.1, -0.05) is 12.1 Å². The van der Waals surface area contributed by atoms with Gasteiger partial charge in [0.05, 0.1) is 6.42 Å². The molecule has 2 N–H and O–H groups in total. The Morgan fingerprint density at radius 3 is 2.41 bits per heavy atom. The van der Waals surface area contributed by atoms with Crippen LogP contribution in [0.1, 0.15) is 31.2 Å². The summed E-state index contributed by atoms with van der Waals surface area (Å²) < 4.78 is 5.38. The molecule has 1 aliphatic rings. The van der Waals surface area contributed by atoms with Crippen molar-refractivity contribution in [1.82, 2.24) is 0 Å². The molecule has 0 unspecified atom stereocenters. The second kappa shape index (κ2) is 6.50. The number of halogens is 1. The number of benzene rings is 1. The lowest BCUT2D eigenvalue weighted by molar-refractivity contribution is -0.147. The number of esters is 1. The highest BCUT2D eigenvalue weighted by atomic mass is 35.5. The summed E-state index contributed by atoms with van der Waals surface area (Å²) >= 11 is 0. The van der Waals surface area contributed by atoms with Gasteiger partial charge in [0, 0.05) is 5.69 Å². The lowest BCUT2D eigenvalue weighted by atomic mass is 10.1. The van der Waals surface area contributed by atoms with Crippen molar-refractivity contribution < 1.29 is 9.53 Å². The van der Waals surface area contributed by atoms with Crippen LogP contribution in [0.2, 0.25) is 0 Å². The number of hydrogen-bond acceptors (Lipinski definition) is 3. The summed E-state index contributed by atoms with van der Waals surface area (Å²) in [5.41, 5.74) is 7.24. The Kier molecular flexibility index (Phi) is 5.29. The van der Waals surface area contributed by atoms with Crippen LogP contribution in [-0.2, 0) is 16.0 Å². The highest BCUT2D eigenvalue weighted by Crippen LogP contribution is 2.21. The fourth-order valence-corrected chi connectivity index (χ4v) is 2.04. The third-order valence-electron chi connectivity index (χ3n) is 2.93. The number of hydrogen-bond donors (Lipinski definition) is 1. The summed E-state index contributed by atoms with van der Waals surface area (Å²) in [4.78, 5) is 11.6. The Hall–Kier alpha value is -1.22. The summed E-state index contributed by atoms with van der Waals surface area (Å²) in [6.07, 6.45) is 4.90. The third-order valence-corrected chi connectivity index (χ3v) is 2.93. The van der Waals surface area contributed by atoms with Crippen LogP contribution in [0.15, 0.2) is 24.3 Å². The first kappa shape index (κ1) is 13.8. The van der Waals surface area contributed by atoms with E-state index in [-0.39, 0.29) is 24.5 Å². The van der Waals surface area contributed by atoms with E-state index in [1.807, 2.05) is 12.1 Å². The van der Waals surface area contributed by atoms with Gasteiger partial charge < -0.3 is 10.5 Å². The zero-order chi connectivity index (χ0) is 11.4. The first-order valence-electron chi connectivity index (χ1n) is 5.78. The van der Waals surface area contributed by atoms with Crippen LogP contribution in [0.3, 0.4) is 0 Å². The molecule has 0 saturated heterocycles. The number of carbonyl (C=O) groups excluding carboxylic acids is 1. The molecule has 1 aliphatic carbocycles. The zero-order valence-electron chi connectivity index (χ0n) is 9.72. The predicted octanol–water partition coefficient (Wildman–Crippen LogP) is 2.72. The molecule has 1 aromatic rings. The predicted molar refractivity (Wildman–Crippen MR) is 70.2 cm³/mol. The van der Waals surface area contributed by atoms with Gasteiger partial charge in [0.2, 0.25) is 0 Å². The van der Waals surface area contributed by atoms with E-state index in [9.17, 15) is 4.79 Å². The van der Waals surface area contributed by atoms with Crippen molar-refractivity contribution in [3.05, 3.63) is 29.8 Å². The molecule has 0 radical (unpaired) electrons. The first-order chi connectivity index (χ1) is 7.74. The Morgan fingerprint density at radius 1 is 1.24 bits per heavy atom. The Balaban J connectivity index is 0.00000144. The van der Waals surface area contributed by atoms with Gasteiger partial charge >= 0.3 is 5.97 Å². The highest BCUT2D eigenvalue weighted by Gasteiger charge is 2.19. The van der Waals surface area contributed by atoms with Crippen molar-refractivity contribution >= 4 is 24.1 Å². The molecule has 1 saturated carbocycles. The van der Waals surface area contributed by atoms with Crippen LogP contribution in [0.5, 0.6) is 0 Å². The van der Waals surface area contributed by atoms with Crippen LogP contribution in [0.4, 0.5) is 5.69 Å². The van der Waals surface area contributed by atoms with E-state index in [2.05, 4.69) is 0 Å². The molecule has 94 valence electrons. The minimum atomic E-state index is -0.128. The molecule has 0 bridgehead atoms. The average molecular weight is 256 g/mol. The van der Waals surface area contributed by atoms with E-state index < -0.39 is 0 Å². The van der Waals surface area contributed by atoms with Crippen molar-refractivity contribution in [1.29, 1.82) is 0 Å². The normalized spacial score (nSPS) is 15.3. The van der Waals surface area contributed by atoms with Gasteiger partial charge in [0.25, 0.3) is 0 Å². The molecule has 1 fully saturated rings. The summed E-state index contributed by atoms with van der Waals surface area (Å²) in [5, 5.41) is 0. The maximum absolute atomic E-state index is 11.6. The molecule has 0 aliphatic heterocycles. The second-order valence-electron chi connectivity index (χ2n) is 4.31. The van der Waals surface area contributed by atoms with Crippen molar-refractivity contribution in [2.75, 3.05) is 5.73 Å². The van der Waals surface area contributed by atoms with Gasteiger partial charge in [-0.05, 0) is 43.4 Å². The average Bonchev–Trinajstić information content (AvgIpc) is 2.74. The second-order valence-corrected chi connectivity index (χ2v) is 4.31. The summed E-state index contributed by atoms with van der Waals surface area (Å²) in [7, 11) is 0. The molecule has 0 amide bonds. The Labute approximate surface area is 108 Å². The van der Waals surface area contributed by atoms with Crippen LogP contribution >= 0.6 is 12.4 Å². The first-order valence-corrected chi connectivity index (χ1v) is 5.78. The van der Waals surface area contributed by atoms with Crippen LogP contribution in [0, 0.1) is 0 Å². The van der Waals surface area contributed by atoms with Crippen LogP contribution in [-0.4, -0.2) is 12.1 Å². The Bertz CT molecular complexity index is 358. The largest absolute Gasteiger partial charge is 0.462 e. The van der Waals surface area contributed by atoms with Gasteiger partial charge in [0.15, 0.2) is 0 Å². The highest BCUT2D eigenvalue weighted by molar-refractivity contribution is 5.85. The summed E-state index contributed by atoms with van der Waals surface area (Å²) in [5.74, 6) is -0.128. The molecule has 4 heteroatoms. The van der Waals surface area contributed by atoms with E-state index in [4.69, 9.17) is 10.5 Å². The molecule has 0 heterocycles.